The van der Waals surface area contributed by atoms with Gasteiger partial charge in [-0.3, -0.25) is 4.79 Å². The van der Waals surface area contributed by atoms with Gasteiger partial charge in [-0.15, -0.1) is 0 Å². The molecule has 0 aromatic heterocycles. The molecular formula is C15H14INO2. The Labute approximate surface area is 126 Å². The minimum atomic E-state index is -0.163. The number of hydrogen-bond acceptors (Lipinski definition) is 2. The van der Waals surface area contributed by atoms with Gasteiger partial charge in [0, 0.05) is 9.26 Å². The van der Waals surface area contributed by atoms with Crippen LogP contribution in [-0.4, -0.2) is 12.5 Å². The Morgan fingerprint density at radius 2 is 2.00 bits per heavy atom. The zero-order valence-electron chi connectivity index (χ0n) is 10.5. The predicted molar refractivity (Wildman–Crippen MR) is 84.5 cm³/mol. The molecule has 0 spiro atoms. The molecule has 2 aromatic carbocycles. The second-order valence-corrected chi connectivity index (χ2v) is 5.41. The summed E-state index contributed by atoms with van der Waals surface area (Å²) in [7, 11) is 0. The van der Waals surface area contributed by atoms with Crippen molar-refractivity contribution in [1.29, 1.82) is 0 Å². The third-order valence-corrected chi connectivity index (χ3v) is 3.14. The molecule has 0 bridgehead atoms. The number of aryl methyl sites for hydroxylation is 1. The Morgan fingerprint density at radius 1 is 1.21 bits per heavy atom. The van der Waals surface area contributed by atoms with E-state index in [1.54, 1.807) is 0 Å². The maximum atomic E-state index is 11.7. The van der Waals surface area contributed by atoms with E-state index in [9.17, 15) is 4.79 Å². The monoisotopic (exact) mass is 367 g/mol. The van der Waals surface area contributed by atoms with Gasteiger partial charge >= 0.3 is 0 Å². The Morgan fingerprint density at radius 3 is 2.74 bits per heavy atom. The van der Waals surface area contributed by atoms with Crippen LogP contribution in [0.25, 0.3) is 0 Å². The number of anilines is 1. The predicted octanol–water partition coefficient (Wildman–Crippen LogP) is 3.62. The van der Waals surface area contributed by atoms with Crippen LogP contribution in [0, 0.1) is 10.5 Å². The first-order valence-electron chi connectivity index (χ1n) is 5.88. The molecule has 1 N–H and O–H groups in total. The van der Waals surface area contributed by atoms with E-state index < -0.39 is 0 Å². The van der Waals surface area contributed by atoms with Gasteiger partial charge in [0.15, 0.2) is 6.61 Å². The number of halogens is 1. The number of carbonyl (C=O) groups excluding carboxylic acids is 1. The molecule has 0 aliphatic carbocycles. The highest BCUT2D eigenvalue weighted by Gasteiger charge is 2.04. The average molecular weight is 367 g/mol. The third kappa shape index (κ3) is 4.55. The molecule has 0 unspecified atom stereocenters. The number of benzene rings is 2. The van der Waals surface area contributed by atoms with E-state index in [4.69, 9.17) is 4.74 Å². The van der Waals surface area contributed by atoms with Gasteiger partial charge in [0.05, 0.1) is 0 Å². The molecular weight excluding hydrogens is 353 g/mol. The van der Waals surface area contributed by atoms with Gasteiger partial charge in [-0.1, -0.05) is 18.2 Å². The minimum absolute atomic E-state index is 0.00797. The summed E-state index contributed by atoms with van der Waals surface area (Å²) in [6.45, 7) is 1.99. The van der Waals surface area contributed by atoms with E-state index in [0.29, 0.717) is 5.75 Å². The molecule has 0 saturated heterocycles. The Balaban J connectivity index is 1.88. The van der Waals surface area contributed by atoms with Crippen molar-refractivity contribution in [2.24, 2.45) is 0 Å². The van der Waals surface area contributed by atoms with Gasteiger partial charge in [0.1, 0.15) is 5.75 Å². The van der Waals surface area contributed by atoms with Crippen LogP contribution in [0.1, 0.15) is 5.56 Å². The van der Waals surface area contributed by atoms with Crippen LogP contribution in [0.2, 0.25) is 0 Å². The van der Waals surface area contributed by atoms with Crippen molar-refractivity contribution in [3.8, 4) is 5.75 Å². The van der Waals surface area contributed by atoms with Crippen LogP contribution in [-0.2, 0) is 4.79 Å². The maximum Gasteiger partial charge on any atom is 0.262 e. The summed E-state index contributed by atoms with van der Waals surface area (Å²) in [5.41, 5.74) is 1.90. The first-order chi connectivity index (χ1) is 9.13. The van der Waals surface area contributed by atoms with Crippen molar-refractivity contribution < 1.29 is 9.53 Å². The fourth-order valence-corrected chi connectivity index (χ4v) is 2.14. The van der Waals surface area contributed by atoms with Crippen molar-refractivity contribution >= 4 is 34.2 Å². The van der Waals surface area contributed by atoms with Crippen molar-refractivity contribution in [1.82, 2.24) is 0 Å². The summed E-state index contributed by atoms with van der Waals surface area (Å²) >= 11 is 2.20. The smallest absolute Gasteiger partial charge is 0.262 e. The maximum absolute atomic E-state index is 11.7. The van der Waals surface area contributed by atoms with Crippen LogP contribution in [0.15, 0.2) is 48.5 Å². The number of amides is 1. The summed E-state index contributed by atoms with van der Waals surface area (Å²) < 4.78 is 6.51. The van der Waals surface area contributed by atoms with Crippen LogP contribution in [0.3, 0.4) is 0 Å². The van der Waals surface area contributed by atoms with E-state index in [1.807, 2.05) is 55.5 Å². The Kier molecular flexibility index (Phi) is 4.79. The number of nitrogens with one attached hydrogen (secondary N) is 1. The molecule has 98 valence electrons. The Hall–Kier alpha value is -1.56. The Bertz CT molecular complexity index is 584. The van der Waals surface area contributed by atoms with E-state index >= 15 is 0 Å². The first kappa shape index (κ1) is 13.9. The molecule has 0 saturated carbocycles. The second-order valence-electron chi connectivity index (χ2n) is 4.16. The van der Waals surface area contributed by atoms with Crippen LogP contribution >= 0.6 is 22.6 Å². The van der Waals surface area contributed by atoms with Gasteiger partial charge in [-0.25, -0.2) is 0 Å². The average Bonchev–Trinajstić information content (AvgIpc) is 2.36. The number of carbonyl (C=O) groups is 1. The van der Waals surface area contributed by atoms with Gasteiger partial charge in [-0.2, -0.15) is 0 Å². The normalized spacial score (nSPS) is 10.0. The summed E-state index contributed by atoms with van der Waals surface area (Å²) in [6.07, 6.45) is 0. The molecule has 3 nitrogen and oxygen atoms in total. The third-order valence-electron chi connectivity index (χ3n) is 2.47. The van der Waals surface area contributed by atoms with Crippen molar-refractivity contribution in [3.63, 3.8) is 0 Å². The summed E-state index contributed by atoms with van der Waals surface area (Å²) in [5, 5.41) is 2.80. The molecule has 0 atom stereocenters. The number of rotatable bonds is 4. The summed E-state index contributed by atoms with van der Waals surface area (Å²) in [4.78, 5) is 11.7. The van der Waals surface area contributed by atoms with Gasteiger partial charge in [0.2, 0.25) is 0 Å². The van der Waals surface area contributed by atoms with Crippen LogP contribution in [0.5, 0.6) is 5.75 Å². The first-order valence-corrected chi connectivity index (χ1v) is 6.96. The zero-order chi connectivity index (χ0) is 13.7. The SMILES string of the molecule is Cc1cccc(NC(=O)COc2cccc(I)c2)c1. The standard InChI is InChI=1S/C15H14INO2/c1-11-4-2-6-13(8-11)17-15(18)10-19-14-7-3-5-12(16)9-14/h2-9H,10H2,1H3,(H,17,18). The summed E-state index contributed by atoms with van der Waals surface area (Å²) in [6, 6.07) is 15.3. The highest BCUT2D eigenvalue weighted by molar-refractivity contribution is 14.1. The zero-order valence-corrected chi connectivity index (χ0v) is 12.7. The minimum Gasteiger partial charge on any atom is -0.484 e. The molecule has 1 amide bonds. The van der Waals surface area contributed by atoms with Crippen LogP contribution < -0.4 is 10.1 Å². The van der Waals surface area contributed by atoms with Crippen molar-refractivity contribution in [3.05, 3.63) is 57.7 Å². The highest BCUT2D eigenvalue weighted by atomic mass is 127. The van der Waals surface area contributed by atoms with Gasteiger partial charge < -0.3 is 10.1 Å². The van der Waals surface area contributed by atoms with E-state index in [0.717, 1.165) is 14.8 Å². The molecule has 4 heteroatoms. The van der Waals surface area contributed by atoms with Crippen molar-refractivity contribution in [2.75, 3.05) is 11.9 Å². The molecule has 0 fully saturated rings. The van der Waals surface area contributed by atoms with E-state index in [-0.39, 0.29) is 12.5 Å². The fourth-order valence-electron chi connectivity index (χ4n) is 1.63. The lowest BCUT2D eigenvalue weighted by molar-refractivity contribution is -0.118. The topological polar surface area (TPSA) is 38.3 Å². The fraction of sp³-hybridized carbons (Fsp3) is 0.133. The molecule has 0 heterocycles. The van der Waals surface area contributed by atoms with Crippen LogP contribution in [0.4, 0.5) is 5.69 Å². The molecule has 0 aliphatic heterocycles. The van der Waals surface area contributed by atoms with Gasteiger partial charge in [0.25, 0.3) is 5.91 Å². The molecule has 0 radical (unpaired) electrons. The quantitative estimate of drug-likeness (QED) is 0.839. The lowest BCUT2D eigenvalue weighted by Gasteiger charge is -2.08. The second kappa shape index (κ2) is 6.56. The van der Waals surface area contributed by atoms with E-state index in [1.165, 1.54) is 0 Å². The largest absolute Gasteiger partial charge is 0.484 e. The number of hydrogen-bond donors (Lipinski definition) is 1. The molecule has 2 rings (SSSR count). The number of ether oxygens (including phenoxy) is 1. The van der Waals surface area contributed by atoms with Crippen molar-refractivity contribution in [2.45, 2.75) is 6.92 Å². The lowest BCUT2D eigenvalue weighted by atomic mass is 10.2. The molecule has 2 aromatic rings. The highest BCUT2D eigenvalue weighted by Crippen LogP contribution is 2.15. The lowest BCUT2D eigenvalue weighted by Crippen LogP contribution is -2.20. The molecule has 0 aliphatic rings. The summed E-state index contributed by atoms with van der Waals surface area (Å²) in [5.74, 6) is 0.538. The van der Waals surface area contributed by atoms with Gasteiger partial charge in [-0.05, 0) is 65.4 Å². The molecule has 19 heavy (non-hydrogen) atoms. The van der Waals surface area contributed by atoms with E-state index in [2.05, 4.69) is 27.9 Å².